The number of hydrogen-bond donors (Lipinski definition) is 1. The van der Waals surface area contributed by atoms with Crippen LogP contribution in [-0.2, 0) is 24.3 Å². The topological polar surface area (TPSA) is 51.2 Å². The van der Waals surface area contributed by atoms with Gasteiger partial charge in [-0.25, -0.2) is 0 Å². The number of hydrogen-bond acceptors (Lipinski definition) is 5. The molecule has 2 aromatic rings. The first-order chi connectivity index (χ1) is 12.3. The van der Waals surface area contributed by atoms with Crippen molar-refractivity contribution < 1.29 is 19.3 Å². The van der Waals surface area contributed by atoms with Crippen LogP contribution in [-0.4, -0.2) is 42.6 Å². The van der Waals surface area contributed by atoms with Crippen LogP contribution < -0.4 is 9.47 Å². The molecule has 132 valence electrons. The third-order valence-electron chi connectivity index (χ3n) is 4.69. The van der Waals surface area contributed by atoms with E-state index in [9.17, 15) is 5.11 Å². The van der Waals surface area contributed by atoms with Gasteiger partial charge in [-0.2, -0.15) is 0 Å². The van der Waals surface area contributed by atoms with Crippen molar-refractivity contribution in [1.82, 2.24) is 4.90 Å². The van der Waals surface area contributed by atoms with E-state index < -0.39 is 6.10 Å². The molecule has 25 heavy (non-hydrogen) atoms. The first kappa shape index (κ1) is 16.4. The molecule has 2 aliphatic heterocycles. The van der Waals surface area contributed by atoms with Gasteiger partial charge in [0.15, 0.2) is 11.5 Å². The number of benzene rings is 2. The van der Waals surface area contributed by atoms with Crippen LogP contribution in [0.1, 0.15) is 16.7 Å². The molecule has 0 saturated heterocycles. The Morgan fingerprint density at radius 1 is 1.08 bits per heavy atom. The summed E-state index contributed by atoms with van der Waals surface area (Å²) >= 11 is 0. The van der Waals surface area contributed by atoms with E-state index in [4.69, 9.17) is 14.2 Å². The standard InChI is InChI=1S/C20H23NO4/c22-18(11-21-8-7-16-3-1-2-4-17(16)10-21)13-23-12-15-5-6-19-20(9-15)25-14-24-19/h1-6,9,18,22H,7-8,10-14H2/t18-/m0/s1. The Kier molecular flexibility index (Phi) is 4.88. The van der Waals surface area contributed by atoms with Gasteiger partial charge in [0.2, 0.25) is 6.79 Å². The zero-order chi connectivity index (χ0) is 17.1. The molecule has 0 radical (unpaired) electrons. The highest BCUT2D eigenvalue weighted by molar-refractivity contribution is 5.44. The Bertz CT molecular complexity index is 733. The summed E-state index contributed by atoms with van der Waals surface area (Å²) in [5, 5.41) is 10.3. The van der Waals surface area contributed by atoms with Crippen LogP contribution in [0.15, 0.2) is 42.5 Å². The van der Waals surface area contributed by atoms with Crippen LogP contribution in [0.5, 0.6) is 11.5 Å². The lowest BCUT2D eigenvalue weighted by Crippen LogP contribution is -2.38. The Morgan fingerprint density at radius 2 is 1.92 bits per heavy atom. The van der Waals surface area contributed by atoms with E-state index in [2.05, 4.69) is 29.2 Å². The van der Waals surface area contributed by atoms with Crippen molar-refractivity contribution in [3.8, 4) is 11.5 Å². The number of ether oxygens (including phenoxy) is 3. The molecule has 0 aromatic heterocycles. The number of aliphatic hydroxyl groups excluding tert-OH is 1. The molecule has 1 N–H and O–H groups in total. The van der Waals surface area contributed by atoms with Gasteiger partial charge >= 0.3 is 0 Å². The molecule has 0 spiro atoms. The summed E-state index contributed by atoms with van der Waals surface area (Å²) in [5.41, 5.74) is 3.80. The first-order valence-corrected chi connectivity index (χ1v) is 8.71. The molecule has 0 unspecified atom stereocenters. The van der Waals surface area contributed by atoms with E-state index in [1.54, 1.807) is 0 Å². The van der Waals surface area contributed by atoms with Crippen molar-refractivity contribution >= 4 is 0 Å². The Hall–Kier alpha value is -2.08. The zero-order valence-electron chi connectivity index (χ0n) is 14.2. The number of aliphatic hydroxyl groups is 1. The third-order valence-corrected chi connectivity index (χ3v) is 4.69. The highest BCUT2D eigenvalue weighted by Gasteiger charge is 2.18. The second kappa shape index (κ2) is 7.44. The van der Waals surface area contributed by atoms with E-state index in [0.29, 0.717) is 19.8 Å². The molecule has 1 atom stereocenters. The molecule has 2 aliphatic rings. The van der Waals surface area contributed by atoms with Crippen LogP contribution in [0.25, 0.3) is 0 Å². The van der Waals surface area contributed by atoms with Crippen molar-refractivity contribution in [1.29, 1.82) is 0 Å². The Morgan fingerprint density at radius 3 is 2.84 bits per heavy atom. The summed E-state index contributed by atoms with van der Waals surface area (Å²) in [6.07, 6.45) is 0.556. The number of fused-ring (bicyclic) bond motifs is 2. The lowest BCUT2D eigenvalue weighted by Gasteiger charge is -2.30. The predicted octanol–water partition coefficient (Wildman–Crippen LogP) is 2.35. The fraction of sp³-hybridized carbons (Fsp3) is 0.400. The molecule has 0 fully saturated rings. The van der Waals surface area contributed by atoms with E-state index in [1.165, 1.54) is 11.1 Å². The van der Waals surface area contributed by atoms with Gasteiger partial charge in [0.05, 0.1) is 19.3 Å². The second-order valence-corrected chi connectivity index (χ2v) is 6.61. The third kappa shape index (κ3) is 3.95. The number of nitrogens with zero attached hydrogens (tertiary/aromatic N) is 1. The van der Waals surface area contributed by atoms with Crippen molar-refractivity contribution in [3.63, 3.8) is 0 Å². The monoisotopic (exact) mass is 341 g/mol. The maximum absolute atomic E-state index is 10.3. The van der Waals surface area contributed by atoms with Gasteiger partial charge in [0, 0.05) is 19.6 Å². The summed E-state index contributed by atoms with van der Waals surface area (Å²) in [6.45, 7) is 3.57. The predicted molar refractivity (Wildman–Crippen MR) is 93.7 cm³/mol. The van der Waals surface area contributed by atoms with Crippen molar-refractivity contribution in [2.45, 2.75) is 25.7 Å². The SMILES string of the molecule is O[C@H](COCc1ccc2c(c1)OCO2)CN1CCc2ccccc2C1. The number of β-amino-alcohol motifs (C(OH)–C–C–N with tert-alkyl or cyclic N) is 1. The van der Waals surface area contributed by atoms with E-state index in [1.807, 2.05) is 18.2 Å². The minimum atomic E-state index is -0.487. The van der Waals surface area contributed by atoms with E-state index >= 15 is 0 Å². The summed E-state index contributed by atoms with van der Waals surface area (Å²) < 4.78 is 16.3. The highest BCUT2D eigenvalue weighted by Crippen LogP contribution is 2.32. The smallest absolute Gasteiger partial charge is 0.231 e. The molecular weight excluding hydrogens is 318 g/mol. The van der Waals surface area contributed by atoms with Gasteiger partial charge in [-0.15, -0.1) is 0 Å². The maximum atomic E-state index is 10.3. The Labute approximate surface area is 147 Å². The van der Waals surface area contributed by atoms with E-state index in [0.717, 1.165) is 36.6 Å². The van der Waals surface area contributed by atoms with E-state index in [-0.39, 0.29) is 6.79 Å². The van der Waals surface area contributed by atoms with Crippen LogP contribution in [0.3, 0.4) is 0 Å². The average molecular weight is 341 g/mol. The summed E-state index contributed by atoms with van der Waals surface area (Å²) in [4.78, 5) is 2.29. The summed E-state index contributed by atoms with van der Waals surface area (Å²) in [5.74, 6) is 1.53. The van der Waals surface area contributed by atoms with Crippen LogP contribution in [0.2, 0.25) is 0 Å². The van der Waals surface area contributed by atoms with Gasteiger partial charge in [0.1, 0.15) is 0 Å². The lowest BCUT2D eigenvalue weighted by molar-refractivity contribution is 0.00772. The van der Waals surface area contributed by atoms with Gasteiger partial charge in [0.25, 0.3) is 0 Å². The summed E-state index contributed by atoms with van der Waals surface area (Å²) in [6, 6.07) is 14.3. The van der Waals surface area contributed by atoms with Gasteiger partial charge < -0.3 is 19.3 Å². The van der Waals surface area contributed by atoms with Gasteiger partial charge in [-0.1, -0.05) is 30.3 Å². The normalized spacial score (nSPS) is 17.3. The molecule has 0 bridgehead atoms. The zero-order valence-corrected chi connectivity index (χ0v) is 14.2. The molecule has 0 saturated carbocycles. The number of rotatable bonds is 6. The molecular formula is C20H23NO4. The van der Waals surface area contributed by atoms with Crippen LogP contribution in [0.4, 0.5) is 0 Å². The first-order valence-electron chi connectivity index (χ1n) is 8.71. The molecule has 2 aromatic carbocycles. The quantitative estimate of drug-likeness (QED) is 0.874. The second-order valence-electron chi connectivity index (χ2n) is 6.61. The average Bonchev–Trinajstić information content (AvgIpc) is 3.09. The summed E-state index contributed by atoms with van der Waals surface area (Å²) in [7, 11) is 0. The largest absolute Gasteiger partial charge is 0.454 e. The lowest BCUT2D eigenvalue weighted by atomic mass is 10.00. The fourth-order valence-corrected chi connectivity index (χ4v) is 3.40. The van der Waals surface area contributed by atoms with Gasteiger partial charge in [-0.3, -0.25) is 4.90 Å². The minimum absolute atomic E-state index is 0.275. The maximum Gasteiger partial charge on any atom is 0.231 e. The van der Waals surface area contributed by atoms with Crippen LogP contribution >= 0.6 is 0 Å². The highest BCUT2D eigenvalue weighted by atomic mass is 16.7. The Balaban J connectivity index is 1.23. The van der Waals surface area contributed by atoms with Crippen molar-refractivity contribution in [3.05, 3.63) is 59.2 Å². The molecule has 0 aliphatic carbocycles. The van der Waals surface area contributed by atoms with Crippen LogP contribution in [0, 0.1) is 0 Å². The minimum Gasteiger partial charge on any atom is -0.454 e. The molecule has 5 nitrogen and oxygen atoms in total. The van der Waals surface area contributed by atoms with Gasteiger partial charge in [-0.05, 0) is 35.2 Å². The molecule has 5 heteroatoms. The molecule has 0 amide bonds. The molecule has 4 rings (SSSR count). The van der Waals surface area contributed by atoms with Crippen molar-refractivity contribution in [2.24, 2.45) is 0 Å². The fourth-order valence-electron chi connectivity index (χ4n) is 3.40. The molecule has 2 heterocycles. The van der Waals surface area contributed by atoms with Crippen molar-refractivity contribution in [2.75, 3.05) is 26.5 Å².